The van der Waals surface area contributed by atoms with Crippen LogP contribution in [-0.4, -0.2) is 49.3 Å². The van der Waals surface area contributed by atoms with Crippen molar-refractivity contribution in [1.82, 2.24) is 10.6 Å². The Balaban J connectivity index is 1.57. The number of carbonyl (C=O) groups is 2. The minimum Gasteiger partial charge on any atom is -0.484 e. The highest BCUT2D eigenvalue weighted by molar-refractivity contribution is 6.31. The van der Waals surface area contributed by atoms with Crippen LogP contribution in [0.2, 0.25) is 10.0 Å². The average Bonchev–Trinajstić information content (AvgIpc) is 2.74. The summed E-state index contributed by atoms with van der Waals surface area (Å²) in [5.41, 5.74) is 0. The molecule has 0 spiro atoms. The molecular weight excluding hydrogens is 457 g/mol. The van der Waals surface area contributed by atoms with Gasteiger partial charge >= 0.3 is 0 Å². The van der Waals surface area contributed by atoms with Gasteiger partial charge in [0.05, 0.1) is 16.1 Å². The van der Waals surface area contributed by atoms with E-state index in [4.69, 9.17) is 32.7 Å². The van der Waals surface area contributed by atoms with Gasteiger partial charge in [0.2, 0.25) is 0 Å². The maximum Gasteiger partial charge on any atom is 0.258 e. The van der Waals surface area contributed by atoms with Crippen LogP contribution in [-0.2, 0) is 9.59 Å². The number of nitrogens with one attached hydrogen (secondary N) is 2. The second-order valence-corrected chi connectivity index (χ2v) is 7.14. The lowest BCUT2D eigenvalue weighted by molar-refractivity contribution is -0.124. The van der Waals surface area contributed by atoms with Gasteiger partial charge < -0.3 is 25.2 Å². The molecule has 2 aromatic carbocycles. The summed E-state index contributed by atoms with van der Waals surface area (Å²) >= 11 is 11.1. The predicted octanol–water partition coefficient (Wildman–Crippen LogP) is 2.71. The first-order valence-electron chi connectivity index (χ1n) is 9.11. The molecule has 3 N–H and O–H groups in total. The van der Waals surface area contributed by atoms with Crippen molar-refractivity contribution in [3.63, 3.8) is 0 Å². The van der Waals surface area contributed by atoms with E-state index in [0.717, 1.165) is 12.1 Å². The van der Waals surface area contributed by atoms with Gasteiger partial charge in [-0.15, -0.1) is 0 Å². The van der Waals surface area contributed by atoms with Crippen molar-refractivity contribution in [1.29, 1.82) is 0 Å². The van der Waals surface area contributed by atoms with Crippen molar-refractivity contribution in [3.05, 3.63) is 58.1 Å². The summed E-state index contributed by atoms with van der Waals surface area (Å²) in [4.78, 5) is 23.5. The molecule has 2 amide bonds. The highest BCUT2D eigenvalue weighted by Crippen LogP contribution is 2.21. The molecule has 1 atom stereocenters. The van der Waals surface area contributed by atoms with Gasteiger partial charge in [0, 0.05) is 25.2 Å². The van der Waals surface area contributed by atoms with E-state index >= 15 is 0 Å². The zero-order chi connectivity index (χ0) is 22.8. The monoisotopic (exact) mass is 476 g/mol. The largest absolute Gasteiger partial charge is 0.484 e. The molecule has 0 fully saturated rings. The molecule has 1 unspecified atom stereocenters. The molecule has 168 valence electrons. The van der Waals surface area contributed by atoms with E-state index in [1.54, 1.807) is 0 Å². The second-order valence-electron chi connectivity index (χ2n) is 6.33. The van der Waals surface area contributed by atoms with Crippen LogP contribution in [0, 0.1) is 11.6 Å². The van der Waals surface area contributed by atoms with Crippen LogP contribution in [0.5, 0.6) is 11.5 Å². The lowest BCUT2D eigenvalue weighted by Gasteiger charge is -2.13. The first kappa shape index (κ1) is 24.6. The quantitative estimate of drug-likeness (QED) is 0.463. The van der Waals surface area contributed by atoms with E-state index in [-0.39, 0.29) is 54.3 Å². The van der Waals surface area contributed by atoms with Gasteiger partial charge in [-0.2, -0.15) is 0 Å². The molecule has 0 aromatic heterocycles. The van der Waals surface area contributed by atoms with Gasteiger partial charge in [-0.25, -0.2) is 8.78 Å². The standard InChI is InChI=1S/C20H20Cl2F2N2O5/c21-15-3-1-13(7-17(15)23)30-10-19(28)25-6-5-12(27)9-26-20(29)11-31-14-2-4-16(22)18(24)8-14/h1-4,7-8,12,27H,5-6,9-11H2,(H,25,28)(H,26,29). The fourth-order valence-corrected chi connectivity index (χ4v) is 2.48. The lowest BCUT2D eigenvalue weighted by atomic mass is 10.2. The Kier molecular flexibility index (Phi) is 9.77. The van der Waals surface area contributed by atoms with Crippen molar-refractivity contribution in [2.24, 2.45) is 0 Å². The maximum absolute atomic E-state index is 13.3. The van der Waals surface area contributed by atoms with Crippen LogP contribution in [0.3, 0.4) is 0 Å². The summed E-state index contributed by atoms with van der Waals surface area (Å²) < 4.78 is 36.9. The normalized spacial score (nSPS) is 11.5. The third-order valence-electron chi connectivity index (χ3n) is 3.86. The summed E-state index contributed by atoms with van der Waals surface area (Å²) in [5.74, 6) is -2.00. The molecule has 11 heteroatoms. The molecule has 0 aliphatic carbocycles. The Morgan fingerprint density at radius 2 is 1.39 bits per heavy atom. The highest BCUT2D eigenvalue weighted by atomic mass is 35.5. The minimum atomic E-state index is -0.913. The summed E-state index contributed by atoms with van der Waals surface area (Å²) in [5, 5.41) is 14.7. The van der Waals surface area contributed by atoms with Gasteiger partial charge in [-0.05, 0) is 30.7 Å². The zero-order valence-electron chi connectivity index (χ0n) is 16.2. The third-order valence-corrected chi connectivity index (χ3v) is 4.47. The minimum absolute atomic E-state index is 0.0525. The Labute approximate surface area is 187 Å². The van der Waals surface area contributed by atoms with E-state index in [1.165, 1.54) is 24.3 Å². The van der Waals surface area contributed by atoms with E-state index in [0.29, 0.717) is 0 Å². The smallest absolute Gasteiger partial charge is 0.258 e. The fraction of sp³-hybridized carbons (Fsp3) is 0.300. The molecule has 0 bridgehead atoms. The number of rotatable bonds is 11. The first-order valence-corrected chi connectivity index (χ1v) is 9.87. The van der Waals surface area contributed by atoms with Crippen LogP contribution >= 0.6 is 23.2 Å². The van der Waals surface area contributed by atoms with Crippen molar-refractivity contribution >= 4 is 35.0 Å². The maximum atomic E-state index is 13.3. The second kappa shape index (κ2) is 12.3. The lowest BCUT2D eigenvalue weighted by Crippen LogP contribution is -2.37. The fourth-order valence-electron chi connectivity index (χ4n) is 2.25. The van der Waals surface area contributed by atoms with Crippen LogP contribution in [0.1, 0.15) is 6.42 Å². The van der Waals surface area contributed by atoms with Gasteiger partial charge in [0.1, 0.15) is 23.1 Å². The molecule has 31 heavy (non-hydrogen) atoms. The van der Waals surface area contributed by atoms with E-state index in [1.807, 2.05) is 0 Å². The Morgan fingerprint density at radius 3 is 1.87 bits per heavy atom. The van der Waals surface area contributed by atoms with E-state index in [9.17, 15) is 23.5 Å². The molecule has 2 rings (SSSR count). The van der Waals surface area contributed by atoms with E-state index in [2.05, 4.69) is 10.6 Å². The van der Waals surface area contributed by atoms with Crippen LogP contribution < -0.4 is 20.1 Å². The van der Waals surface area contributed by atoms with Crippen molar-refractivity contribution in [2.45, 2.75) is 12.5 Å². The number of ether oxygens (including phenoxy) is 2. The van der Waals surface area contributed by atoms with Crippen LogP contribution in [0.25, 0.3) is 0 Å². The number of aliphatic hydroxyl groups excluding tert-OH is 1. The van der Waals surface area contributed by atoms with Gasteiger partial charge in [-0.1, -0.05) is 23.2 Å². The van der Waals surface area contributed by atoms with Crippen molar-refractivity contribution < 1.29 is 33.0 Å². The zero-order valence-corrected chi connectivity index (χ0v) is 17.7. The Hall–Kier alpha value is -2.62. The SMILES string of the molecule is O=C(COc1ccc(Cl)c(F)c1)NCCC(O)CNC(=O)COc1ccc(Cl)c(F)c1. The van der Waals surface area contributed by atoms with Crippen LogP contribution in [0.15, 0.2) is 36.4 Å². The topological polar surface area (TPSA) is 96.9 Å². The van der Waals surface area contributed by atoms with Crippen molar-refractivity contribution in [3.8, 4) is 11.5 Å². The molecule has 0 saturated heterocycles. The number of hydrogen-bond donors (Lipinski definition) is 3. The molecule has 0 aliphatic rings. The van der Waals surface area contributed by atoms with Gasteiger partial charge in [0.15, 0.2) is 13.2 Å². The predicted molar refractivity (Wildman–Crippen MR) is 110 cm³/mol. The number of halogens is 4. The molecule has 2 aromatic rings. The summed E-state index contributed by atoms with van der Waals surface area (Å²) in [6, 6.07) is 7.59. The van der Waals surface area contributed by atoms with Gasteiger partial charge in [0.25, 0.3) is 11.8 Å². The number of aliphatic hydroxyl groups is 1. The number of carbonyl (C=O) groups excluding carboxylic acids is 2. The first-order chi connectivity index (χ1) is 14.7. The third kappa shape index (κ3) is 8.95. The van der Waals surface area contributed by atoms with Gasteiger partial charge in [-0.3, -0.25) is 9.59 Å². The molecular formula is C20H20Cl2F2N2O5. The Bertz CT molecular complexity index is 917. The summed E-state index contributed by atoms with van der Waals surface area (Å²) in [6.07, 6.45) is -0.742. The molecule has 0 heterocycles. The van der Waals surface area contributed by atoms with E-state index < -0.39 is 29.6 Å². The molecule has 7 nitrogen and oxygen atoms in total. The highest BCUT2D eigenvalue weighted by Gasteiger charge is 2.10. The molecule has 0 saturated carbocycles. The Morgan fingerprint density at radius 1 is 0.903 bits per heavy atom. The molecule has 0 aliphatic heterocycles. The van der Waals surface area contributed by atoms with Crippen molar-refractivity contribution in [2.75, 3.05) is 26.3 Å². The summed E-state index contributed by atoms with van der Waals surface area (Å²) in [7, 11) is 0. The summed E-state index contributed by atoms with van der Waals surface area (Å²) in [6.45, 7) is -0.633. The average molecular weight is 477 g/mol. The van der Waals surface area contributed by atoms with Crippen LogP contribution in [0.4, 0.5) is 8.78 Å². The number of hydrogen-bond acceptors (Lipinski definition) is 5. The number of benzene rings is 2. The number of amides is 2. The molecule has 0 radical (unpaired) electrons.